The van der Waals surface area contributed by atoms with E-state index in [1.54, 1.807) is 18.2 Å². The Morgan fingerprint density at radius 2 is 2.12 bits per heavy atom. The minimum Gasteiger partial charge on any atom is -0.459 e. The molecule has 1 atom stereocenters. The van der Waals surface area contributed by atoms with Gasteiger partial charge in [0.2, 0.25) is 10.0 Å². The average molecular weight is 350 g/mol. The zero-order valence-electron chi connectivity index (χ0n) is 12.9. The standard InChI is InChI=1S/C16H18N2O5S/c19-13-5-2-8-18(11-13)24(21,22)14-6-1-4-12(10-14)17-16(20)15-7-3-9-23-15/h1,3-4,6-7,9-10,13,19H,2,5,8,11H2,(H,17,20)/t13-/m1/s1. The summed E-state index contributed by atoms with van der Waals surface area (Å²) >= 11 is 0. The second kappa shape index (κ2) is 6.76. The van der Waals surface area contributed by atoms with Crippen LogP contribution in [0.15, 0.2) is 52.0 Å². The van der Waals surface area contributed by atoms with Crippen LogP contribution in [-0.4, -0.2) is 42.9 Å². The number of carbonyl (C=O) groups excluding carboxylic acids is 1. The number of amides is 1. The van der Waals surface area contributed by atoms with Crippen molar-refractivity contribution in [2.24, 2.45) is 0 Å². The quantitative estimate of drug-likeness (QED) is 0.874. The third-order valence-electron chi connectivity index (χ3n) is 3.83. The number of rotatable bonds is 4. The van der Waals surface area contributed by atoms with E-state index in [2.05, 4.69) is 5.32 Å². The predicted molar refractivity (Wildman–Crippen MR) is 87.1 cm³/mol. The Bertz CT molecular complexity index is 817. The summed E-state index contributed by atoms with van der Waals surface area (Å²) in [6.07, 6.45) is 1.97. The maximum Gasteiger partial charge on any atom is 0.291 e. The van der Waals surface area contributed by atoms with Gasteiger partial charge in [0.25, 0.3) is 5.91 Å². The number of anilines is 1. The Hall–Kier alpha value is -2.16. The van der Waals surface area contributed by atoms with Gasteiger partial charge in [0.05, 0.1) is 17.3 Å². The monoisotopic (exact) mass is 350 g/mol. The normalized spacial score (nSPS) is 19.1. The minimum absolute atomic E-state index is 0.0776. The highest BCUT2D eigenvalue weighted by Gasteiger charge is 2.29. The highest BCUT2D eigenvalue weighted by atomic mass is 32.2. The Morgan fingerprint density at radius 1 is 1.29 bits per heavy atom. The molecule has 1 aromatic heterocycles. The molecule has 0 bridgehead atoms. The van der Waals surface area contributed by atoms with Gasteiger partial charge in [-0.1, -0.05) is 6.07 Å². The van der Waals surface area contributed by atoms with Gasteiger partial charge in [0.15, 0.2) is 5.76 Å². The van der Waals surface area contributed by atoms with Crippen molar-refractivity contribution in [1.82, 2.24) is 4.31 Å². The molecule has 2 N–H and O–H groups in total. The first-order valence-corrected chi connectivity index (χ1v) is 9.04. The summed E-state index contributed by atoms with van der Waals surface area (Å²) in [4.78, 5) is 12.1. The lowest BCUT2D eigenvalue weighted by molar-refractivity contribution is 0.0996. The van der Waals surface area contributed by atoms with Crippen LogP contribution in [0.3, 0.4) is 0 Å². The largest absolute Gasteiger partial charge is 0.459 e. The minimum atomic E-state index is -3.71. The van der Waals surface area contributed by atoms with E-state index < -0.39 is 22.0 Å². The fourth-order valence-electron chi connectivity index (χ4n) is 2.62. The number of nitrogens with zero attached hydrogens (tertiary/aromatic N) is 1. The zero-order valence-corrected chi connectivity index (χ0v) is 13.7. The molecule has 0 aliphatic carbocycles. The van der Waals surface area contributed by atoms with Gasteiger partial charge >= 0.3 is 0 Å². The number of aliphatic hydroxyl groups is 1. The fourth-order valence-corrected chi connectivity index (χ4v) is 4.19. The van der Waals surface area contributed by atoms with Gasteiger partial charge in [-0.25, -0.2) is 8.42 Å². The summed E-state index contributed by atoms with van der Waals surface area (Å²) in [6, 6.07) is 9.15. The summed E-state index contributed by atoms with van der Waals surface area (Å²) < 4.78 is 31.6. The molecular formula is C16H18N2O5S. The number of hydrogen-bond donors (Lipinski definition) is 2. The zero-order chi connectivity index (χ0) is 17.2. The number of carbonyl (C=O) groups is 1. The van der Waals surface area contributed by atoms with Crippen LogP contribution in [0.1, 0.15) is 23.4 Å². The summed E-state index contributed by atoms with van der Waals surface area (Å²) in [5, 5.41) is 12.3. The van der Waals surface area contributed by atoms with Crippen LogP contribution in [0, 0.1) is 0 Å². The Labute approximate surface area is 139 Å². The van der Waals surface area contributed by atoms with Crippen LogP contribution in [-0.2, 0) is 10.0 Å². The molecule has 128 valence electrons. The maximum absolute atomic E-state index is 12.7. The van der Waals surface area contributed by atoms with E-state index in [1.165, 1.54) is 28.8 Å². The number of β-amino-alcohol motifs (C(OH)–C–C–N with tert-alkyl or cyclic N) is 1. The first-order chi connectivity index (χ1) is 11.5. The van der Waals surface area contributed by atoms with E-state index in [-0.39, 0.29) is 17.2 Å². The van der Waals surface area contributed by atoms with Gasteiger partial charge in [-0.2, -0.15) is 4.31 Å². The van der Waals surface area contributed by atoms with Gasteiger partial charge in [0.1, 0.15) is 0 Å². The van der Waals surface area contributed by atoms with Crippen molar-refractivity contribution >= 4 is 21.6 Å². The van der Waals surface area contributed by atoms with E-state index in [1.807, 2.05) is 0 Å². The SMILES string of the molecule is O=C(Nc1cccc(S(=O)(=O)N2CCC[C@@H](O)C2)c1)c1ccco1. The smallest absolute Gasteiger partial charge is 0.291 e. The summed E-state index contributed by atoms with van der Waals surface area (Å²) in [5.41, 5.74) is 0.357. The molecule has 1 saturated heterocycles. The van der Waals surface area contributed by atoms with E-state index in [0.29, 0.717) is 25.1 Å². The molecule has 1 aliphatic rings. The predicted octanol–water partition coefficient (Wildman–Crippen LogP) is 1.68. The molecule has 0 unspecified atom stereocenters. The van der Waals surface area contributed by atoms with E-state index in [4.69, 9.17) is 4.42 Å². The Kier molecular flexibility index (Phi) is 4.70. The highest BCUT2D eigenvalue weighted by molar-refractivity contribution is 7.89. The molecule has 0 radical (unpaired) electrons. The van der Waals surface area contributed by atoms with Gasteiger partial charge in [-0.15, -0.1) is 0 Å². The van der Waals surface area contributed by atoms with Crippen molar-refractivity contribution in [3.8, 4) is 0 Å². The third-order valence-corrected chi connectivity index (χ3v) is 5.70. The molecule has 0 saturated carbocycles. The molecular weight excluding hydrogens is 332 g/mol. The molecule has 1 fully saturated rings. The molecule has 1 aromatic carbocycles. The average Bonchev–Trinajstić information content (AvgIpc) is 3.10. The first-order valence-electron chi connectivity index (χ1n) is 7.60. The van der Waals surface area contributed by atoms with Crippen molar-refractivity contribution < 1.29 is 22.7 Å². The molecule has 24 heavy (non-hydrogen) atoms. The van der Waals surface area contributed by atoms with Crippen molar-refractivity contribution in [2.75, 3.05) is 18.4 Å². The lowest BCUT2D eigenvalue weighted by Gasteiger charge is -2.29. The number of benzene rings is 1. The van der Waals surface area contributed by atoms with Crippen LogP contribution in [0.2, 0.25) is 0 Å². The third kappa shape index (κ3) is 3.50. The molecule has 3 rings (SSSR count). The lowest BCUT2D eigenvalue weighted by atomic mass is 10.1. The van der Waals surface area contributed by atoms with Gasteiger partial charge < -0.3 is 14.8 Å². The van der Waals surface area contributed by atoms with Crippen LogP contribution >= 0.6 is 0 Å². The van der Waals surface area contributed by atoms with Gasteiger partial charge in [0, 0.05) is 18.8 Å². The van der Waals surface area contributed by atoms with E-state index in [0.717, 1.165) is 0 Å². The number of piperidine rings is 1. The molecule has 1 amide bonds. The topological polar surface area (TPSA) is 99.9 Å². The summed E-state index contributed by atoms with van der Waals surface area (Å²) in [5.74, 6) is -0.314. The summed E-state index contributed by atoms with van der Waals surface area (Å²) in [7, 11) is -3.71. The van der Waals surface area contributed by atoms with Crippen molar-refractivity contribution in [3.05, 3.63) is 48.4 Å². The van der Waals surface area contributed by atoms with Gasteiger partial charge in [-0.05, 0) is 43.2 Å². The second-order valence-corrected chi connectivity index (χ2v) is 7.56. The molecule has 8 heteroatoms. The Morgan fingerprint density at radius 3 is 2.83 bits per heavy atom. The number of hydrogen-bond acceptors (Lipinski definition) is 5. The van der Waals surface area contributed by atoms with Crippen LogP contribution in [0.25, 0.3) is 0 Å². The van der Waals surface area contributed by atoms with Crippen molar-refractivity contribution in [2.45, 2.75) is 23.8 Å². The summed E-state index contributed by atoms with van der Waals surface area (Å²) in [6.45, 7) is 0.466. The van der Waals surface area contributed by atoms with Crippen LogP contribution < -0.4 is 5.32 Å². The second-order valence-electron chi connectivity index (χ2n) is 5.62. The Balaban J connectivity index is 1.80. The van der Waals surface area contributed by atoms with Crippen LogP contribution in [0.4, 0.5) is 5.69 Å². The number of sulfonamides is 1. The highest BCUT2D eigenvalue weighted by Crippen LogP contribution is 2.23. The van der Waals surface area contributed by atoms with Crippen molar-refractivity contribution in [1.29, 1.82) is 0 Å². The number of aliphatic hydroxyl groups excluding tert-OH is 1. The molecule has 1 aliphatic heterocycles. The number of nitrogens with one attached hydrogen (secondary N) is 1. The maximum atomic E-state index is 12.7. The number of furan rings is 1. The van der Waals surface area contributed by atoms with Crippen molar-refractivity contribution in [3.63, 3.8) is 0 Å². The first kappa shape index (κ1) is 16.7. The van der Waals surface area contributed by atoms with Crippen LogP contribution in [0.5, 0.6) is 0 Å². The molecule has 7 nitrogen and oxygen atoms in total. The van der Waals surface area contributed by atoms with E-state index in [9.17, 15) is 18.3 Å². The lowest BCUT2D eigenvalue weighted by Crippen LogP contribution is -2.42. The molecule has 2 aromatic rings. The van der Waals surface area contributed by atoms with Gasteiger partial charge in [-0.3, -0.25) is 4.79 Å². The molecule has 0 spiro atoms. The van der Waals surface area contributed by atoms with E-state index >= 15 is 0 Å². The fraction of sp³-hybridized carbons (Fsp3) is 0.312. The molecule has 2 heterocycles.